The molecule has 2 aromatic rings. The van der Waals surface area contributed by atoms with E-state index in [0.717, 1.165) is 24.2 Å². The van der Waals surface area contributed by atoms with E-state index in [4.69, 9.17) is 9.47 Å². The van der Waals surface area contributed by atoms with Gasteiger partial charge in [-0.3, -0.25) is 19.3 Å². The second kappa shape index (κ2) is 13.0. The number of aliphatic hydroxyl groups excluding tert-OH is 1. The fraction of sp³-hybridized carbons (Fsp3) is 0.559. The van der Waals surface area contributed by atoms with Crippen LogP contribution in [0.1, 0.15) is 37.3 Å². The molecule has 4 aliphatic heterocycles. The van der Waals surface area contributed by atoms with Crippen LogP contribution in [0.2, 0.25) is 0 Å². The molecule has 2 bridgehead atoms. The molecule has 3 amide bonds. The van der Waals surface area contributed by atoms with E-state index in [1.807, 2.05) is 67.6 Å². The molecule has 0 radical (unpaired) electrons. The summed E-state index contributed by atoms with van der Waals surface area (Å²) in [5.74, 6) is -2.36. The minimum absolute atomic E-state index is 0.229. The van der Waals surface area contributed by atoms with E-state index in [1.54, 1.807) is 4.90 Å². The normalized spacial score (nSPS) is 30.3. The molecule has 0 aromatic heterocycles. The molecule has 6 rings (SSSR count). The molecule has 2 aromatic carbocycles. The molecule has 10 heteroatoms. The minimum Gasteiger partial charge on any atom is -0.394 e. The number of likely N-dealkylation sites (tertiary alicyclic amines) is 1. The smallest absolute Gasteiger partial charge is 0.245 e. The van der Waals surface area contributed by atoms with Crippen LogP contribution in [0.15, 0.2) is 60.7 Å². The molecule has 6 atom stereocenters. The zero-order chi connectivity index (χ0) is 30.7. The summed E-state index contributed by atoms with van der Waals surface area (Å²) < 4.78 is 12.3. The highest BCUT2D eigenvalue weighted by atomic mass is 16.5. The number of hydrogen-bond donors (Lipinski definition) is 3. The summed E-state index contributed by atoms with van der Waals surface area (Å²) in [4.78, 5) is 46.6. The minimum atomic E-state index is -1.14. The Labute approximate surface area is 259 Å². The van der Waals surface area contributed by atoms with Gasteiger partial charge in [-0.15, -0.1) is 0 Å². The van der Waals surface area contributed by atoms with Gasteiger partial charge < -0.3 is 30.1 Å². The number of nitrogens with one attached hydrogen (secondary N) is 2. The maximum atomic E-state index is 14.6. The third kappa shape index (κ3) is 5.53. The summed E-state index contributed by atoms with van der Waals surface area (Å²) in [6, 6.07) is 17.7. The molecule has 0 aliphatic carbocycles. The second-order valence-electron chi connectivity index (χ2n) is 12.6. The first-order valence-electron chi connectivity index (χ1n) is 16.0. The van der Waals surface area contributed by atoms with Gasteiger partial charge in [-0.2, -0.15) is 0 Å². The van der Waals surface area contributed by atoms with Crippen LogP contribution in [0.5, 0.6) is 0 Å². The topological polar surface area (TPSA) is 120 Å². The summed E-state index contributed by atoms with van der Waals surface area (Å²) in [5, 5.41) is 16.8. The SMILES string of the molecule is CC[C@]12CCC3(O1)C(C(=O)NCCN1CCOCC1)N([C@@H](CO)Cc1ccccc1)C(=O)[C@@H]3[C@H]2C(=O)NCc1ccccc1. The molecule has 4 heterocycles. The van der Waals surface area contributed by atoms with Crippen LogP contribution in [0.25, 0.3) is 0 Å². The van der Waals surface area contributed by atoms with Crippen molar-refractivity contribution in [2.45, 2.75) is 62.4 Å². The lowest BCUT2D eigenvalue weighted by molar-refractivity contribution is -0.151. The van der Waals surface area contributed by atoms with E-state index in [9.17, 15) is 19.5 Å². The lowest BCUT2D eigenvalue weighted by Crippen LogP contribution is -2.59. The highest BCUT2D eigenvalue weighted by Gasteiger charge is 2.79. The quantitative estimate of drug-likeness (QED) is 0.336. The van der Waals surface area contributed by atoms with Gasteiger partial charge in [-0.1, -0.05) is 67.6 Å². The van der Waals surface area contributed by atoms with Gasteiger partial charge in [0.2, 0.25) is 17.7 Å². The fourth-order valence-corrected chi connectivity index (χ4v) is 8.04. The Morgan fingerprint density at radius 3 is 2.32 bits per heavy atom. The monoisotopic (exact) mass is 604 g/mol. The summed E-state index contributed by atoms with van der Waals surface area (Å²) in [7, 11) is 0. The number of hydrogen-bond acceptors (Lipinski definition) is 7. The predicted molar refractivity (Wildman–Crippen MR) is 163 cm³/mol. The first-order chi connectivity index (χ1) is 21.4. The number of fused-ring (bicyclic) bond motifs is 1. The van der Waals surface area contributed by atoms with E-state index >= 15 is 0 Å². The first-order valence-corrected chi connectivity index (χ1v) is 16.0. The molecule has 10 nitrogen and oxygen atoms in total. The largest absolute Gasteiger partial charge is 0.394 e. The Balaban J connectivity index is 1.30. The Bertz CT molecular complexity index is 1320. The summed E-state index contributed by atoms with van der Waals surface area (Å²) in [6.07, 6.45) is 2.03. The van der Waals surface area contributed by atoms with Crippen molar-refractivity contribution in [2.75, 3.05) is 46.0 Å². The molecule has 1 spiro atoms. The van der Waals surface area contributed by atoms with Gasteiger partial charge in [-0.25, -0.2) is 0 Å². The molecule has 44 heavy (non-hydrogen) atoms. The number of morpholine rings is 1. The van der Waals surface area contributed by atoms with Crippen LogP contribution in [0.4, 0.5) is 0 Å². The number of benzene rings is 2. The van der Waals surface area contributed by atoms with E-state index in [1.165, 1.54) is 0 Å². The van der Waals surface area contributed by atoms with Crippen LogP contribution in [0.3, 0.4) is 0 Å². The van der Waals surface area contributed by atoms with Gasteiger partial charge in [0.05, 0.1) is 43.3 Å². The Morgan fingerprint density at radius 2 is 1.66 bits per heavy atom. The number of carbonyl (C=O) groups is 3. The van der Waals surface area contributed by atoms with Gasteiger partial charge >= 0.3 is 0 Å². The molecule has 3 N–H and O–H groups in total. The number of carbonyl (C=O) groups excluding carboxylic acids is 3. The maximum absolute atomic E-state index is 14.6. The number of amides is 3. The lowest BCUT2D eigenvalue weighted by atomic mass is 9.65. The molecule has 4 aliphatic rings. The van der Waals surface area contributed by atoms with Crippen molar-refractivity contribution in [3.63, 3.8) is 0 Å². The summed E-state index contributed by atoms with van der Waals surface area (Å²) in [5.41, 5.74) is -0.0547. The summed E-state index contributed by atoms with van der Waals surface area (Å²) in [6.45, 7) is 6.05. The van der Waals surface area contributed by atoms with Gasteiger partial charge in [0.15, 0.2) is 0 Å². The molecule has 236 valence electrons. The Kier molecular flexibility index (Phi) is 9.05. The second-order valence-corrected chi connectivity index (χ2v) is 12.6. The molecule has 2 unspecified atom stereocenters. The molecular weight excluding hydrogens is 560 g/mol. The number of nitrogens with zero attached hydrogens (tertiary/aromatic N) is 2. The third-order valence-corrected chi connectivity index (χ3v) is 10.2. The van der Waals surface area contributed by atoms with Crippen LogP contribution >= 0.6 is 0 Å². The van der Waals surface area contributed by atoms with Crippen molar-refractivity contribution < 1.29 is 29.0 Å². The lowest BCUT2D eigenvalue weighted by Gasteiger charge is -2.37. The molecule has 4 saturated heterocycles. The number of ether oxygens (including phenoxy) is 2. The van der Waals surface area contributed by atoms with E-state index in [0.29, 0.717) is 58.5 Å². The van der Waals surface area contributed by atoms with Crippen molar-refractivity contribution in [2.24, 2.45) is 11.8 Å². The maximum Gasteiger partial charge on any atom is 0.245 e. The van der Waals surface area contributed by atoms with Crippen molar-refractivity contribution in [1.29, 1.82) is 0 Å². The average molecular weight is 605 g/mol. The van der Waals surface area contributed by atoms with Crippen molar-refractivity contribution in [3.05, 3.63) is 71.8 Å². The van der Waals surface area contributed by atoms with Gasteiger partial charge in [0.1, 0.15) is 11.6 Å². The Morgan fingerprint density at radius 1 is 0.977 bits per heavy atom. The van der Waals surface area contributed by atoms with Gasteiger partial charge in [-0.05, 0) is 36.8 Å². The predicted octanol–water partition coefficient (Wildman–Crippen LogP) is 1.51. The molecule has 0 saturated carbocycles. The highest BCUT2D eigenvalue weighted by Crippen LogP contribution is 2.64. The first kappa shape index (κ1) is 30.7. The number of aliphatic hydroxyl groups is 1. The zero-order valence-corrected chi connectivity index (χ0v) is 25.5. The van der Waals surface area contributed by atoms with Crippen molar-refractivity contribution in [3.8, 4) is 0 Å². The average Bonchev–Trinajstić information content (AvgIpc) is 3.67. The van der Waals surface area contributed by atoms with Crippen molar-refractivity contribution >= 4 is 17.7 Å². The number of rotatable bonds is 12. The van der Waals surface area contributed by atoms with E-state index < -0.39 is 35.1 Å². The van der Waals surface area contributed by atoms with Gasteiger partial charge in [0.25, 0.3) is 0 Å². The van der Waals surface area contributed by atoms with Gasteiger partial charge in [0, 0.05) is 32.7 Å². The molecular formula is C34H44N4O6. The van der Waals surface area contributed by atoms with Crippen LogP contribution in [-0.4, -0.2) is 102 Å². The summed E-state index contributed by atoms with van der Waals surface area (Å²) >= 11 is 0. The van der Waals surface area contributed by atoms with Crippen LogP contribution < -0.4 is 10.6 Å². The highest BCUT2D eigenvalue weighted by molar-refractivity contribution is 5.99. The fourth-order valence-electron chi connectivity index (χ4n) is 8.04. The Hall–Kier alpha value is -3.31. The van der Waals surface area contributed by atoms with E-state index in [2.05, 4.69) is 15.5 Å². The van der Waals surface area contributed by atoms with Crippen molar-refractivity contribution in [1.82, 2.24) is 20.4 Å². The standard InChI is InChI=1S/C34H44N4O6/c1-2-33-13-14-34(44-33)28(27(33)30(40)36-22-25-11-7-4-8-12-25)32(42)38(26(23-39)21-24-9-5-3-6-10-24)29(34)31(41)35-15-16-37-17-19-43-20-18-37/h3-12,26-29,39H,2,13-23H2,1H3,(H,35,41)(H,36,40)/t26-,27+,28+,29?,33-,34?/m1/s1. The zero-order valence-electron chi connectivity index (χ0n) is 25.5. The van der Waals surface area contributed by atoms with E-state index in [-0.39, 0.29) is 24.3 Å². The third-order valence-electron chi connectivity index (χ3n) is 10.2. The van der Waals surface area contributed by atoms with Crippen LogP contribution in [-0.2, 0) is 36.8 Å². The molecule has 4 fully saturated rings. The van der Waals surface area contributed by atoms with Crippen LogP contribution in [0, 0.1) is 11.8 Å².